The van der Waals surface area contributed by atoms with Crippen molar-refractivity contribution in [3.05, 3.63) is 60.2 Å². The Morgan fingerprint density at radius 2 is 1.80 bits per heavy atom. The molecule has 1 N–H and O–H groups in total. The third kappa shape index (κ3) is 2.90. The maximum Gasteiger partial charge on any atom is 0.136 e. The molecule has 20 heavy (non-hydrogen) atoms. The second-order valence-corrected chi connectivity index (χ2v) is 5.01. The summed E-state index contributed by atoms with van der Waals surface area (Å²) in [6.45, 7) is 0.182. The van der Waals surface area contributed by atoms with E-state index >= 15 is 0 Å². The molecular formula is C17H18O3. The van der Waals surface area contributed by atoms with Crippen LogP contribution in [0.1, 0.15) is 24.5 Å². The third-order valence-electron chi connectivity index (χ3n) is 3.53. The average molecular weight is 270 g/mol. The van der Waals surface area contributed by atoms with Gasteiger partial charge in [-0.3, -0.25) is 0 Å². The zero-order valence-electron chi connectivity index (χ0n) is 11.2. The summed E-state index contributed by atoms with van der Waals surface area (Å²) < 4.78 is 0. The summed E-state index contributed by atoms with van der Waals surface area (Å²) in [5.74, 6) is 0. The van der Waals surface area contributed by atoms with Crippen LogP contribution in [-0.4, -0.2) is 17.8 Å². The normalized spacial score (nSPS) is 22.2. The molecule has 1 aliphatic rings. The fraction of sp³-hybridized carbons (Fsp3) is 0.294. The summed E-state index contributed by atoms with van der Waals surface area (Å²) in [5.41, 5.74) is 1.08. The van der Waals surface area contributed by atoms with E-state index in [9.17, 15) is 0 Å². The first-order chi connectivity index (χ1) is 9.86. The number of rotatable bonds is 4. The zero-order chi connectivity index (χ0) is 13.8. The van der Waals surface area contributed by atoms with Crippen LogP contribution in [0.3, 0.4) is 0 Å². The fourth-order valence-electron chi connectivity index (χ4n) is 2.41. The standard InChI is InChI=1S/C17H18O3/c18-11-3-6-16-9-10-17(20-19-16)15-8-7-13-4-1-2-5-14(13)12-15/h1-2,4-5,7-10,12,16-18H,3,6,11H2/t16-,17-/m0/s1. The van der Waals surface area contributed by atoms with Crippen molar-refractivity contribution < 1.29 is 14.9 Å². The summed E-state index contributed by atoms with van der Waals surface area (Å²) in [4.78, 5) is 10.8. The second-order valence-electron chi connectivity index (χ2n) is 5.01. The molecule has 2 aromatic rings. The Morgan fingerprint density at radius 1 is 0.950 bits per heavy atom. The molecule has 1 aliphatic heterocycles. The SMILES string of the molecule is OCCC[C@H]1C=C[C@@H](c2ccc3ccccc3c2)OO1. The first-order valence-electron chi connectivity index (χ1n) is 6.97. The lowest BCUT2D eigenvalue weighted by atomic mass is 10.0. The van der Waals surface area contributed by atoms with E-state index in [1.165, 1.54) is 10.8 Å². The Labute approximate surface area is 118 Å². The summed E-state index contributed by atoms with van der Waals surface area (Å²) in [6, 6.07) is 14.5. The van der Waals surface area contributed by atoms with Crippen molar-refractivity contribution >= 4 is 10.8 Å². The van der Waals surface area contributed by atoms with Gasteiger partial charge in [0.15, 0.2) is 0 Å². The van der Waals surface area contributed by atoms with Gasteiger partial charge in [-0.05, 0) is 41.3 Å². The van der Waals surface area contributed by atoms with Crippen LogP contribution in [0.5, 0.6) is 0 Å². The van der Waals surface area contributed by atoms with Crippen molar-refractivity contribution in [2.75, 3.05) is 6.61 Å². The Bertz CT molecular complexity index is 606. The molecule has 0 aromatic heterocycles. The highest BCUT2D eigenvalue weighted by atomic mass is 17.2. The molecule has 0 saturated carbocycles. The van der Waals surface area contributed by atoms with Crippen LogP contribution in [0.2, 0.25) is 0 Å². The van der Waals surface area contributed by atoms with Crippen LogP contribution >= 0.6 is 0 Å². The maximum atomic E-state index is 8.81. The lowest BCUT2D eigenvalue weighted by molar-refractivity contribution is -0.343. The highest BCUT2D eigenvalue weighted by Crippen LogP contribution is 2.28. The Hall–Kier alpha value is -1.68. The quantitative estimate of drug-likeness (QED) is 0.682. The van der Waals surface area contributed by atoms with Gasteiger partial charge in [0.25, 0.3) is 0 Å². The Balaban J connectivity index is 1.75. The summed E-state index contributed by atoms with van der Waals surface area (Å²) in [6.07, 6.45) is 5.31. The molecular weight excluding hydrogens is 252 g/mol. The van der Waals surface area contributed by atoms with Gasteiger partial charge in [0.1, 0.15) is 12.2 Å². The molecule has 0 aliphatic carbocycles. The number of aliphatic hydroxyl groups excluding tert-OH is 1. The molecule has 1 heterocycles. The number of hydrogen-bond donors (Lipinski definition) is 1. The second kappa shape index (κ2) is 6.18. The molecule has 0 radical (unpaired) electrons. The van der Waals surface area contributed by atoms with Gasteiger partial charge in [0.05, 0.1) is 0 Å². The summed E-state index contributed by atoms with van der Waals surface area (Å²) >= 11 is 0. The summed E-state index contributed by atoms with van der Waals surface area (Å²) in [5, 5.41) is 11.2. The number of aliphatic hydroxyl groups is 1. The molecule has 0 bridgehead atoms. The molecule has 0 amide bonds. The van der Waals surface area contributed by atoms with Crippen LogP contribution in [0.4, 0.5) is 0 Å². The van der Waals surface area contributed by atoms with Crippen molar-refractivity contribution in [3.8, 4) is 0 Å². The first kappa shape index (κ1) is 13.3. The Morgan fingerprint density at radius 3 is 2.55 bits per heavy atom. The van der Waals surface area contributed by atoms with E-state index in [2.05, 4.69) is 30.3 Å². The monoisotopic (exact) mass is 270 g/mol. The van der Waals surface area contributed by atoms with E-state index in [1.807, 2.05) is 24.3 Å². The van der Waals surface area contributed by atoms with Gasteiger partial charge in [0, 0.05) is 6.61 Å². The van der Waals surface area contributed by atoms with Crippen molar-refractivity contribution in [2.45, 2.75) is 25.0 Å². The van der Waals surface area contributed by atoms with Gasteiger partial charge >= 0.3 is 0 Å². The van der Waals surface area contributed by atoms with Crippen molar-refractivity contribution in [1.82, 2.24) is 0 Å². The average Bonchev–Trinajstić information content (AvgIpc) is 2.53. The van der Waals surface area contributed by atoms with Gasteiger partial charge in [-0.25, -0.2) is 9.78 Å². The van der Waals surface area contributed by atoms with Gasteiger partial charge < -0.3 is 5.11 Å². The third-order valence-corrected chi connectivity index (χ3v) is 3.53. The topological polar surface area (TPSA) is 38.7 Å². The largest absolute Gasteiger partial charge is 0.396 e. The van der Waals surface area contributed by atoms with Gasteiger partial charge in [-0.1, -0.05) is 42.5 Å². The molecule has 104 valence electrons. The van der Waals surface area contributed by atoms with Gasteiger partial charge in [-0.15, -0.1) is 0 Å². The summed E-state index contributed by atoms with van der Waals surface area (Å²) in [7, 11) is 0. The van der Waals surface area contributed by atoms with Crippen molar-refractivity contribution in [1.29, 1.82) is 0 Å². The van der Waals surface area contributed by atoms with Crippen LogP contribution < -0.4 is 0 Å². The van der Waals surface area contributed by atoms with Crippen LogP contribution in [0.25, 0.3) is 10.8 Å². The molecule has 2 aromatic carbocycles. The minimum absolute atomic E-state index is 0.0566. The number of benzene rings is 2. The maximum absolute atomic E-state index is 8.81. The molecule has 3 rings (SSSR count). The number of fused-ring (bicyclic) bond motifs is 1. The fourth-order valence-corrected chi connectivity index (χ4v) is 2.41. The Kier molecular flexibility index (Phi) is 4.11. The van der Waals surface area contributed by atoms with E-state index in [1.54, 1.807) is 0 Å². The van der Waals surface area contributed by atoms with E-state index in [4.69, 9.17) is 14.9 Å². The van der Waals surface area contributed by atoms with E-state index in [-0.39, 0.29) is 18.8 Å². The smallest absolute Gasteiger partial charge is 0.136 e. The predicted octanol–water partition coefficient (Wildman–Crippen LogP) is 3.54. The predicted molar refractivity (Wildman–Crippen MR) is 78.1 cm³/mol. The zero-order valence-corrected chi connectivity index (χ0v) is 11.2. The molecule has 3 heteroatoms. The minimum Gasteiger partial charge on any atom is -0.396 e. The molecule has 0 unspecified atom stereocenters. The van der Waals surface area contributed by atoms with Gasteiger partial charge in [0.2, 0.25) is 0 Å². The molecule has 2 atom stereocenters. The van der Waals surface area contributed by atoms with E-state index in [0.717, 1.165) is 18.4 Å². The lowest BCUT2D eigenvalue weighted by Crippen LogP contribution is -2.18. The molecule has 0 fully saturated rings. The van der Waals surface area contributed by atoms with Crippen molar-refractivity contribution in [2.24, 2.45) is 0 Å². The van der Waals surface area contributed by atoms with Crippen LogP contribution in [0.15, 0.2) is 54.6 Å². The van der Waals surface area contributed by atoms with Crippen LogP contribution in [0, 0.1) is 0 Å². The highest BCUT2D eigenvalue weighted by Gasteiger charge is 2.18. The molecule has 0 spiro atoms. The van der Waals surface area contributed by atoms with Crippen molar-refractivity contribution in [3.63, 3.8) is 0 Å². The highest BCUT2D eigenvalue weighted by molar-refractivity contribution is 5.83. The van der Waals surface area contributed by atoms with E-state index in [0.29, 0.717) is 0 Å². The lowest BCUT2D eigenvalue weighted by Gasteiger charge is -2.23. The first-order valence-corrected chi connectivity index (χ1v) is 6.97. The minimum atomic E-state index is -0.162. The van der Waals surface area contributed by atoms with E-state index < -0.39 is 0 Å². The number of hydrogen-bond acceptors (Lipinski definition) is 3. The molecule has 0 saturated heterocycles. The molecule has 3 nitrogen and oxygen atoms in total. The van der Waals surface area contributed by atoms with Gasteiger partial charge in [-0.2, -0.15) is 0 Å². The van der Waals surface area contributed by atoms with Crippen LogP contribution in [-0.2, 0) is 9.78 Å².